The van der Waals surface area contributed by atoms with Crippen molar-refractivity contribution in [2.45, 2.75) is 0 Å². The lowest BCUT2D eigenvalue weighted by Gasteiger charge is -2.05. The zero-order valence-corrected chi connectivity index (χ0v) is 22.2. The van der Waals surface area contributed by atoms with Crippen molar-refractivity contribution in [3.63, 3.8) is 0 Å². The average molecular weight is 543 g/mol. The van der Waals surface area contributed by atoms with Crippen LogP contribution in [-0.2, 0) is 9.59 Å². The summed E-state index contributed by atoms with van der Waals surface area (Å²) in [5, 5.41) is 0. The Morgan fingerprint density at radius 2 is 1.05 bits per heavy atom. The van der Waals surface area contributed by atoms with E-state index in [4.69, 9.17) is 9.47 Å². The second kappa shape index (κ2) is 14.0. The summed E-state index contributed by atoms with van der Waals surface area (Å²) in [6, 6.07) is 27.1. The summed E-state index contributed by atoms with van der Waals surface area (Å²) in [6.45, 7) is 6.80. The van der Waals surface area contributed by atoms with E-state index in [1.807, 2.05) is 72.8 Å². The lowest BCUT2D eigenvalue weighted by Crippen LogP contribution is -2.03. The van der Waals surface area contributed by atoms with Gasteiger partial charge < -0.3 is 9.47 Å². The molecule has 0 radical (unpaired) electrons. The second-order valence-electron chi connectivity index (χ2n) is 8.80. The van der Waals surface area contributed by atoms with Crippen LogP contribution in [0.4, 0.5) is 4.39 Å². The van der Waals surface area contributed by atoms with Crippen LogP contribution in [0.25, 0.3) is 36.5 Å². The van der Waals surface area contributed by atoms with Crippen LogP contribution in [0, 0.1) is 5.82 Å². The predicted molar refractivity (Wildman–Crippen MR) is 164 cm³/mol. The fourth-order valence-corrected chi connectivity index (χ4v) is 3.73. The molecule has 5 heteroatoms. The highest BCUT2D eigenvalue weighted by atomic mass is 19.1. The molecule has 0 aliphatic heterocycles. The lowest BCUT2D eigenvalue weighted by atomic mass is 10.1. The van der Waals surface area contributed by atoms with Gasteiger partial charge in [0.1, 0.15) is 17.3 Å². The minimum atomic E-state index is -0.518. The molecule has 0 bridgehead atoms. The molecule has 0 aliphatic rings. The highest BCUT2D eigenvalue weighted by molar-refractivity contribution is 5.85. The first-order valence-corrected chi connectivity index (χ1v) is 12.7. The standard InChI is InChI=1S/C36H27FO4/c1-3-35(38)40-32-23-18-28(19-24-32)13-14-29-17-21-30(33(37)25-29)20-15-26-9-11-27(12-10-26)16-22-31-7-5-6-8-34(31)41-36(39)4-2/h3-25H,1-2H2. The van der Waals surface area contributed by atoms with E-state index in [0.29, 0.717) is 17.1 Å². The number of ether oxygens (including phenoxy) is 2. The Morgan fingerprint density at radius 1 is 0.561 bits per heavy atom. The highest BCUT2D eigenvalue weighted by Crippen LogP contribution is 2.22. The van der Waals surface area contributed by atoms with Crippen LogP contribution >= 0.6 is 0 Å². The molecule has 4 nitrogen and oxygen atoms in total. The molecule has 0 aliphatic carbocycles. The first kappa shape index (κ1) is 28.5. The van der Waals surface area contributed by atoms with Crippen molar-refractivity contribution in [1.29, 1.82) is 0 Å². The molecule has 0 spiro atoms. The maximum Gasteiger partial charge on any atom is 0.335 e. The number of carbonyl (C=O) groups is 2. The minimum absolute atomic E-state index is 0.328. The van der Waals surface area contributed by atoms with Crippen LogP contribution in [0.15, 0.2) is 116 Å². The van der Waals surface area contributed by atoms with Gasteiger partial charge in [0.05, 0.1) is 0 Å². The Labute approximate surface area is 238 Å². The molecule has 0 unspecified atom stereocenters. The van der Waals surface area contributed by atoms with Crippen LogP contribution in [0.1, 0.15) is 33.4 Å². The maximum atomic E-state index is 14.8. The third-order valence-electron chi connectivity index (χ3n) is 5.90. The maximum absolute atomic E-state index is 14.8. The summed E-state index contributed by atoms with van der Waals surface area (Å²) >= 11 is 0. The summed E-state index contributed by atoms with van der Waals surface area (Å²) in [4.78, 5) is 22.8. The molecule has 0 atom stereocenters. The second-order valence-corrected chi connectivity index (χ2v) is 8.80. The molecule has 4 aromatic rings. The van der Waals surface area contributed by atoms with E-state index in [1.54, 1.807) is 48.5 Å². The van der Waals surface area contributed by atoms with Gasteiger partial charge in [0.15, 0.2) is 0 Å². The molecule has 202 valence electrons. The van der Waals surface area contributed by atoms with Crippen LogP contribution in [0.5, 0.6) is 11.5 Å². The van der Waals surface area contributed by atoms with Crippen LogP contribution in [-0.4, -0.2) is 11.9 Å². The Kier molecular flexibility index (Phi) is 9.73. The number of halogens is 1. The average Bonchev–Trinajstić information content (AvgIpc) is 3.00. The van der Waals surface area contributed by atoms with Gasteiger partial charge in [-0.25, -0.2) is 14.0 Å². The molecule has 0 fully saturated rings. The highest BCUT2D eigenvalue weighted by Gasteiger charge is 2.04. The molecule has 4 aromatic carbocycles. The SMILES string of the molecule is C=CC(=O)Oc1ccc(C=Cc2ccc(C=Cc3ccc(C=Cc4ccccc4OC(=O)C=C)cc3)c(F)c2)cc1. The summed E-state index contributed by atoms with van der Waals surface area (Å²) in [7, 11) is 0. The van der Waals surface area contributed by atoms with Crippen molar-refractivity contribution in [3.8, 4) is 11.5 Å². The van der Waals surface area contributed by atoms with Crippen LogP contribution in [0.2, 0.25) is 0 Å². The van der Waals surface area contributed by atoms with Gasteiger partial charge >= 0.3 is 11.9 Å². The van der Waals surface area contributed by atoms with E-state index in [-0.39, 0.29) is 5.82 Å². The molecule has 0 amide bonds. The van der Waals surface area contributed by atoms with Crippen molar-refractivity contribution in [2.75, 3.05) is 0 Å². The summed E-state index contributed by atoms with van der Waals surface area (Å²) < 4.78 is 25.1. The van der Waals surface area contributed by atoms with Gasteiger partial charge in [-0.2, -0.15) is 0 Å². The van der Waals surface area contributed by atoms with Crippen molar-refractivity contribution in [3.05, 3.63) is 156 Å². The zero-order valence-electron chi connectivity index (χ0n) is 22.2. The van der Waals surface area contributed by atoms with E-state index < -0.39 is 11.9 Å². The van der Waals surface area contributed by atoms with Gasteiger partial charge in [-0.1, -0.05) is 116 Å². The van der Waals surface area contributed by atoms with Crippen molar-refractivity contribution < 1.29 is 23.5 Å². The minimum Gasteiger partial charge on any atom is -0.423 e. The van der Waals surface area contributed by atoms with Crippen LogP contribution in [0.3, 0.4) is 0 Å². The monoisotopic (exact) mass is 542 g/mol. The number of benzene rings is 4. The Hall–Kier alpha value is -5.55. The predicted octanol–water partition coefficient (Wildman–Crippen LogP) is 8.52. The molecule has 41 heavy (non-hydrogen) atoms. The Morgan fingerprint density at radius 3 is 1.66 bits per heavy atom. The fraction of sp³-hybridized carbons (Fsp3) is 0. The molecule has 0 saturated heterocycles. The first-order chi connectivity index (χ1) is 19.9. The molecule has 0 N–H and O–H groups in total. The van der Waals surface area contributed by atoms with Gasteiger partial charge in [0.2, 0.25) is 0 Å². The normalized spacial score (nSPS) is 11.1. The molecule has 0 aromatic heterocycles. The number of rotatable bonds is 10. The van der Waals surface area contributed by atoms with E-state index in [9.17, 15) is 14.0 Å². The van der Waals surface area contributed by atoms with Gasteiger partial charge in [-0.05, 0) is 46.5 Å². The third-order valence-corrected chi connectivity index (χ3v) is 5.90. The molecule has 4 rings (SSSR count). The van der Waals surface area contributed by atoms with Gasteiger partial charge in [0.25, 0.3) is 0 Å². The van der Waals surface area contributed by atoms with Gasteiger partial charge in [0, 0.05) is 23.3 Å². The molecule has 0 heterocycles. The van der Waals surface area contributed by atoms with Crippen molar-refractivity contribution in [1.82, 2.24) is 0 Å². The Balaban J connectivity index is 1.37. The lowest BCUT2D eigenvalue weighted by molar-refractivity contribution is -0.129. The quantitative estimate of drug-likeness (QED) is 0.0872. The number of hydrogen-bond donors (Lipinski definition) is 0. The van der Waals surface area contributed by atoms with E-state index >= 15 is 0 Å². The molecule has 0 saturated carbocycles. The van der Waals surface area contributed by atoms with E-state index in [0.717, 1.165) is 40.0 Å². The van der Waals surface area contributed by atoms with Gasteiger partial charge in [-0.15, -0.1) is 0 Å². The molecular formula is C36H27FO4. The van der Waals surface area contributed by atoms with E-state index in [2.05, 4.69) is 13.2 Å². The number of carbonyl (C=O) groups excluding carboxylic acids is 2. The number of esters is 2. The summed E-state index contributed by atoms with van der Waals surface area (Å²) in [5.41, 5.74) is 4.73. The van der Waals surface area contributed by atoms with Crippen LogP contribution < -0.4 is 9.47 Å². The summed E-state index contributed by atoms with van der Waals surface area (Å²) in [6.07, 6.45) is 13.3. The smallest absolute Gasteiger partial charge is 0.335 e. The zero-order chi connectivity index (χ0) is 29.0. The van der Waals surface area contributed by atoms with Gasteiger partial charge in [-0.3, -0.25) is 0 Å². The van der Waals surface area contributed by atoms with E-state index in [1.165, 1.54) is 6.07 Å². The first-order valence-electron chi connectivity index (χ1n) is 12.7. The number of para-hydroxylation sites is 1. The number of hydrogen-bond acceptors (Lipinski definition) is 4. The largest absolute Gasteiger partial charge is 0.423 e. The summed E-state index contributed by atoms with van der Waals surface area (Å²) in [5.74, 6) is -0.475. The molecular weight excluding hydrogens is 515 g/mol. The third kappa shape index (κ3) is 8.47. The van der Waals surface area contributed by atoms with Crippen molar-refractivity contribution >= 4 is 48.4 Å². The topological polar surface area (TPSA) is 52.6 Å². The Bertz CT molecular complexity index is 1640. The van der Waals surface area contributed by atoms with Crippen molar-refractivity contribution in [2.24, 2.45) is 0 Å². The fourth-order valence-electron chi connectivity index (χ4n) is 3.73.